The summed E-state index contributed by atoms with van der Waals surface area (Å²) in [6.45, 7) is 1.86. The number of nitrogens with one attached hydrogen (secondary N) is 2. The molecule has 0 aliphatic heterocycles. The Balaban J connectivity index is 1.65. The maximum atomic E-state index is 13.4. The Kier molecular flexibility index (Phi) is 4.44. The lowest BCUT2D eigenvalue weighted by atomic mass is 10.0. The fourth-order valence-electron chi connectivity index (χ4n) is 3.99. The average molecular weight is 447 g/mol. The fourth-order valence-corrected chi connectivity index (χ4v) is 3.99. The number of pyridine rings is 3. The molecule has 0 fully saturated rings. The van der Waals surface area contributed by atoms with Gasteiger partial charge in [-0.2, -0.15) is 0 Å². The topological polar surface area (TPSA) is 118 Å². The molecule has 2 N–H and O–H groups in total. The number of aromatic amines is 2. The number of H-pyrrole nitrogens is 2. The van der Waals surface area contributed by atoms with Gasteiger partial charge in [0, 0.05) is 29.4 Å². The van der Waals surface area contributed by atoms with Crippen LogP contribution in [0, 0.1) is 6.92 Å². The molecule has 8 heteroatoms. The van der Waals surface area contributed by atoms with Crippen LogP contribution in [0.25, 0.3) is 56.0 Å². The average Bonchev–Trinajstić information content (AvgIpc) is 3.29. The van der Waals surface area contributed by atoms with E-state index in [0.717, 1.165) is 22.2 Å². The van der Waals surface area contributed by atoms with Gasteiger partial charge in [0.1, 0.15) is 17.1 Å². The first kappa shape index (κ1) is 19.8. The number of fused-ring (bicyclic) bond motifs is 2. The summed E-state index contributed by atoms with van der Waals surface area (Å²) < 4.78 is 5.86. The van der Waals surface area contributed by atoms with Crippen molar-refractivity contribution in [3.05, 3.63) is 99.4 Å². The van der Waals surface area contributed by atoms with Crippen LogP contribution in [0.1, 0.15) is 5.76 Å². The van der Waals surface area contributed by atoms with E-state index < -0.39 is 0 Å². The van der Waals surface area contributed by atoms with Crippen molar-refractivity contribution in [1.82, 2.24) is 24.9 Å². The second kappa shape index (κ2) is 7.63. The fraction of sp³-hybridized carbons (Fsp3) is 0.0385. The molecule has 0 unspecified atom stereocenters. The van der Waals surface area contributed by atoms with Crippen molar-refractivity contribution in [1.29, 1.82) is 0 Å². The van der Waals surface area contributed by atoms with E-state index in [1.807, 2.05) is 49.4 Å². The first-order chi connectivity index (χ1) is 16.6. The van der Waals surface area contributed by atoms with Crippen molar-refractivity contribution < 1.29 is 4.42 Å². The van der Waals surface area contributed by atoms with Crippen molar-refractivity contribution >= 4 is 22.1 Å². The zero-order valence-corrected chi connectivity index (χ0v) is 18.0. The predicted molar refractivity (Wildman–Crippen MR) is 129 cm³/mol. The van der Waals surface area contributed by atoms with Gasteiger partial charge < -0.3 is 14.4 Å². The van der Waals surface area contributed by atoms with E-state index in [0.29, 0.717) is 34.1 Å². The molecule has 164 valence electrons. The van der Waals surface area contributed by atoms with Crippen LogP contribution in [-0.4, -0.2) is 24.9 Å². The summed E-state index contributed by atoms with van der Waals surface area (Å²) in [6.07, 6.45) is 3.27. The number of benzene rings is 1. The molecule has 34 heavy (non-hydrogen) atoms. The van der Waals surface area contributed by atoms with E-state index in [-0.39, 0.29) is 16.5 Å². The van der Waals surface area contributed by atoms with Crippen molar-refractivity contribution in [3.8, 4) is 34.0 Å². The van der Waals surface area contributed by atoms with Gasteiger partial charge in [-0.15, -0.1) is 0 Å². The highest BCUT2D eigenvalue weighted by molar-refractivity contribution is 5.89. The molecule has 0 bridgehead atoms. The molecule has 6 rings (SSSR count). The molecule has 0 radical (unpaired) electrons. The Hall–Kier alpha value is -4.85. The van der Waals surface area contributed by atoms with Crippen LogP contribution in [0.2, 0.25) is 0 Å². The minimum absolute atomic E-state index is 0.163. The van der Waals surface area contributed by atoms with Crippen molar-refractivity contribution in [2.75, 3.05) is 0 Å². The largest absolute Gasteiger partial charge is 0.460 e. The Bertz CT molecular complexity index is 1830. The summed E-state index contributed by atoms with van der Waals surface area (Å²) >= 11 is 0. The zero-order valence-electron chi connectivity index (χ0n) is 18.0. The maximum absolute atomic E-state index is 13.4. The van der Waals surface area contributed by atoms with Gasteiger partial charge in [0.05, 0.1) is 16.8 Å². The monoisotopic (exact) mass is 447 g/mol. The standard InChI is InChI=1S/C26H17N5O3/c1-14-7-10-20(34-14)23-22(16-8-9-18-15(12-16)4-3-11-27-18)30-24-25(33)17(13-28-26(24)31-23)19-5-2-6-21(32)29-19/h2-13H,1H3,(H,29,32)(H,28,31,33). The number of hydrogen-bond donors (Lipinski definition) is 2. The number of furan rings is 1. The van der Waals surface area contributed by atoms with Crippen molar-refractivity contribution in [2.45, 2.75) is 6.92 Å². The van der Waals surface area contributed by atoms with Crippen LogP contribution >= 0.6 is 0 Å². The van der Waals surface area contributed by atoms with Crippen LogP contribution < -0.4 is 11.0 Å². The Morgan fingerprint density at radius 3 is 2.65 bits per heavy atom. The number of nitrogens with zero attached hydrogens (tertiary/aromatic N) is 3. The molecule has 0 aliphatic carbocycles. The van der Waals surface area contributed by atoms with Gasteiger partial charge in [-0.05, 0) is 43.3 Å². The molecular formula is C26H17N5O3. The van der Waals surface area contributed by atoms with Crippen LogP contribution in [0.3, 0.4) is 0 Å². The van der Waals surface area contributed by atoms with Gasteiger partial charge in [-0.3, -0.25) is 14.6 Å². The number of rotatable bonds is 3. The molecule has 0 spiro atoms. The van der Waals surface area contributed by atoms with Crippen LogP contribution in [0.15, 0.2) is 87.1 Å². The number of aromatic nitrogens is 5. The molecular weight excluding hydrogens is 430 g/mol. The molecule has 6 aromatic rings. The number of hydrogen-bond acceptors (Lipinski definition) is 6. The summed E-state index contributed by atoms with van der Waals surface area (Å²) in [5, 5.41) is 0.938. The van der Waals surface area contributed by atoms with Gasteiger partial charge in [0.15, 0.2) is 16.9 Å². The van der Waals surface area contributed by atoms with Gasteiger partial charge in [-0.1, -0.05) is 18.2 Å². The highest BCUT2D eigenvalue weighted by Gasteiger charge is 2.19. The Morgan fingerprint density at radius 1 is 0.912 bits per heavy atom. The summed E-state index contributed by atoms with van der Waals surface area (Å²) in [7, 11) is 0. The predicted octanol–water partition coefficient (Wildman–Crippen LogP) is 4.46. The number of aryl methyl sites for hydroxylation is 1. The van der Waals surface area contributed by atoms with E-state index in [9.17, 15) is 9.59 Å². The van der Waals surface area contributed by atoms with Crippen molar-refractivity contribution in [2.24, 2.45) is 0 Å². The molecule has 0 amide bonds. The van der Waals surface area contributed by atoms with Crippen LogP contribution in [-0.2, 0) is 0 Å². The third-order valence-corrected chi connectivity index (χ3v) is 5.62. The smallest absolute Gasteiger partial charge is 0.248 e. The van der Waals surface area contributed by atoms with Gasteiger partial charge >= 0.3 is 0 Å². The van der Waals surface area contributed by atoms with Gasteiger partial charge in [0.25, 0.3) is 0 Å². The summed E-state index contributed by atoms with van der Waals surface area (Å²) in [5.74, 6) is 1.29. The summed E-state index contributed by atoms with van der Waals surface area (Å²) in [6, 6.07) is 17.9. The highest BCUT2D eigenvalue weighted by Crippen LogP contribution is 2.32. The molecule has 8 nitrogen and oxygen atoms in total. The molecule has 0 aliphatic rings. The van der Waals surface area contributed by atoms with E-state index in [2.05, 4.69) is 15.0 Å². The van der Waals surface area contributed by atoms with Crippen molar-refractivity contribution in [3.63, 3.8) is 0 Å². The second-order valence-corrected chi connectivity index (χ2v) is 7.90. The van der Waals surface area contributed by atoms with E-state index in [1.165, 1.54) is 12.3 Å². The van der Waals surface area contributed by atoms with Gasteiger partial charge in [-0.25, -0.2) is 9.97 Å². The quantitative estimate of drug-likeness (QED) is 0.414. The van der Waals surface area contributed by atoms with Gasteiger partial charge in [0.2, 0.25) is 11.0 Å². The zero-order chi connectivity index (χ0) is 23.2. The summed E-state index contributed by atoms with van der Waals surface area (Å²) in [5.41, 5.74) is 3.21. The lowest BCUT2D eigenvalue weighted by Crippen LogP contribution is -2.13. The third-order valence-electron chi connectivity index (χ3n) is 5.62. The van der Waals surface area contributed by atoms with Crippen LogP contribution in [0.4, 0.5) is 0 Å². The normalized spacial score (nSPS) is 11.3. The minimum atomic E-state index is -0.339. The first-order valence-electron chi connectivity index (χ1n) is 10.6. The highest BCUT2D eigenvalue weighted by atomic mass is 16.3. The van der Waals surface area contributed by atoms with E-state index in [4.69, 9.17) is 14.4 Å². The first-order valence-corrected chi connectivity index (χ1v) is 10.6. The minimum Gasteiger partial charge on any atom is -0.460 e. The molecule has 5 heterocycles. The lowest BCUT2D eigenvalue weighted by Gasteiger charge is -2.10. The van der Waals surface area contributed by atoms with Crippen LogP contribution in [0.5, 0.6) is 0 Å². The molecule has 0 saturated heterocycles. The summed E-state index contributed by atoms with van der Waals surface area (Å²) in [4.78, 5) is 44.8. The molecule has 0 saturated carbocycles. The maximum Gasteiger partial charge on any atom is 0.248 e. The Morgan fingerprint density at radius 2 is 1.82 bits per heavy atom. The second-order valence-electron chi connectivity index (χ2n) is 7.90. The molecule has 0 atom stereocenters. The lowest BCUT2D eigenvalue weighted by molar-refractivity contribution is 0.546. The molecule has 1 aromatic carbocycles. The van der Waals surface area contributed by atoms with E-state index in [1.54, 1.807) is 18.3 Å². The third kappa shape index (κ3) is 3.29. The van der Waals surface area contributed by atoms with E-state index >= 15 is 0 Å². The Labute approximate surface area is 192 Å². The SMILES string of the molecule is Cc1ccc(-c2nc3[nH]cc(-c4cccc(=O)[nH]4)c(=O)c3nc2-c2ccc3ncccc3c2)o1. The molecule has 5 aromatic heterocycles.